The quantitative estimate of drug-likeness (QED) is 0.726. The molecule has 11 heteroatoms. The Kier molecular flexibility index (Phi) is 4.97. The van der Waals surface area contributed by atoms with Gasteiger partial charge in [0.25, 0.3) is 5.91 Å². The van der Waals surface area contributed by atoms with E-state index in [2.05, 4.69) is 15.5 Å². The molecule has 0 bridgehead atoms. The zero-order valence-corrected chi connectivity index (χ0v) is 15.2. The molecule has 1 N–H and O–H groups in total. The summed E-state index contributed by atoms with van der Waals surface area (Å²) in [5, 5.41) is 6.84. The van der Waals surface area contributed by atoms with Crippen LogP contribution in [0.2, 0.25) is 5.02 Å². The molecule has 1 atom stereocenters. The molecule has 2 heterocycles. The number of imide groups is 1. The van der Waals surface area contributed by atoms with Crippen molar-refractivity contribution >= 4 is 33.4 Å². The van der Waals surface area contributed by atoms with Crippen molar-refractivity contribution in [2.75, 3.05) is 12.0 Å². The van der Waals surface area contributed by atoms with Crippen LogP contribution in [0.3, 0.4) is 0 Å². The van der Waals surface area contributed by atoms with Crippen LogP contribution in [0.4, 0.5) is 4.79 Å². The highest BCUT2D eigenvalue weighted by molar-refractivity contribution is 7.90. The van der Waals surface area contributed by atoms with Gasteiger partial charge >= 0.3 is 6.03 Å². The van der Waals surface area contributed by atoms with Gasteiger partial charge in [0.05, 0.1) is 5.75 Å². The summed E-state index contributed by atoms with van der Waals surface area (Å²) in [5.74, 6) is -0.330. The Labute approximate surface area is 154 Å². The highest BCUT2D eigenvalue weighted by atomic mass is 35.5. The number of aromatic nitrogens is 2. The number of benzene rings is 1. The molecule has 1 fully saturated rings. The maximum atomic E-state index is 12.3. The Bertz CT molecular complexity index is 941. The van der Waals surface area contributed by atoms with Gasteiger partial charge < -0.3 is 9.84 Å². The Balaban J connectivity index is 1.68. The Morgan fingerprint density at radius 3 is 2.62 bits per heavy atom. The van der Waals surface area contributed by atoms with E-state index < -0.39 is 27.8 Å². The summed E-state index contributed by atoms with van der Waals surface area (Å²) >= 11 is 5.83. The number of carbonyl (C=O) groups is 2. The van der Waals surface area contributed by atoms with E-state index in [1.165, 1.54) is 0 Å². The molecule has 1 aliphatic heterocycles. The second kappa shape index (κ2) is 7.04. The molecule has 9 nitrogen and oxygen atoms in total. The fourth-order valence-corrected chi connectivity index (χ4v) is 3.21. The number of carbonyl (C=O) groups excluding carboxylic acids is 2. The summed E-state index contributed by atoms with van der Waals surface area (Å²) in [6.45, 7) is -0.194. The third kappa shape index (κ3) is 4.20. The van der Waals surface area contributed by atoms with Crippen LogP contribution in [0.1, 0.15) is 12.3 Å². The van der Waals surface area contributed by atoms with Gasteiger partial charge in [0.2, 0.25) is 11.7 Å². The molecular formula is C15H15ClN4O5S. The average molecular weight is 399 g/mol. The lowest BCUT2D eigenvalue weighted by atomic mass is 10.2. The predicted molar refractivity (Wildman–Crippen MR) is 91.9 cm³/mol. The maximum Gasteiger partial charge on any atom is 0.325 e. The molecule has 0 radical (unpaired) electrons. The molecule has 1 saturated heterocycles. The number of urea groups is 1. The van der Waals surface area contributed by atoms with E-state index in [1.54, 1.807) is 24.3 Å². The molecular weight excluding hydrogens is 384 g/mol. The van der Waals surface area contributed by atoms with Crippen LogP contribution in [0, 0.1) is 0 Å². The number of nitrogens with one attached hydrogen (secondary N) is 1. The van der Waals surface area contributed by atoms with E-state index in [0.29, 0.717) is 16.4 Å². The normalized spacial score (nSPS) is 17.6. The van der Waals surface area contributed by atoms with Gasteiger partial charge in [-0.25, -0.2) is 13.2 Å². The van der Waals surface area contributed by atoms with Crippen LogP contribution in [0.5, 0.6) is 0 Å². The van der Waals surface area contributed by atoms with Crippen molar-refractivity contribution in [3.63, 3.8) is 0 Å². The maximum absolute atomic E-state index is 12.3. The largest absolute Gasteiger partial charge is 0.337 e. The number of nitrogens with zero attached hydrogens (tertiary/aromatic N) is 3. The molecule has 0 unspecified atom stereocenters. The van der Waals surface area contributed by atoms with Crippen molar-refractivity contribution in [2.24, 2.45) is 0 Å². The molecule has 3 amide bonds. The number of sulfone groups is 1. The molecule has 26 heavy (non-hydrogen) atoms. The molecule has 1 aromatic carbocycles. The lowest BCUT2D eigenvalue weighted by Crippen LogP contribution is -2.32. The number of amides is 3. The second-order valence-electron chi connectivity index (χ2n) is 5.86. The molecule has 1 aromatic heterocycles. The predicted octanol–water partition coefficient (Wildman–Crippen LogP) is 1.25. The van der Waals surface area contributed by atoms with Crippen molar-refractivity contribution in [3.8, 4) is 11.4 Å². The molecule has 0 spiro atoms. The first-order valence-corrected chi connectivity index (χ1v) is 10.0. The van der Waals surface area contributed by atoms with E-state index in [4.69, 9.17) is 16.1 Å². The van der Waals surface area contributed by atoms with Crippen molar-refractivity contribution in [1.29, 1.82) is 0 Å². The molecule has 138 valence electrons. The number of hydrogen-bond acceptors (Lipinski definition) is 7. The SMILES string of the molecule is CS(=O)(=O)CC[C@H]1NC(=O)N(Cc2nc(-c3ccc(Cl)cc3)no2)C1=O. The van der Waals surface area contributed by atoms with Crippen LogP contribution in [0.15, 0.2) is 28.8 Å². The summed E-state index contributed by atoms with van der Waals surface area (Å²) in [4.78, 5) is 29.4. The lowest BCUT2D eigenvalue weighted by Gasteiger charge is -2.09. The summed E-state index contributed by atoms with van der Waals surface area (Å²) < 4.78 is 27.5. The average Bonchev–Trinajstić information content (AvgIpc) is 3.13. The van der Waals surface area contributed by atoms with Crippen molar-refractivity contribution in [3.05, 3.63) is 35.2 Å². The van der Waals surface area contributed by atoms with Gasteiger partial charge in [-0.05, 0) is 30.7 Å². The van der Waals surface area contributed by atoms with E-state index in [0.717, 1.165) is 11.2 Å². The highest BCUT2D eigenvalue weighted by Gasteiger charge is 2.39. The van der Waals surface area contributed by atoms with Gasteiger partial charge in [-0.15, -0.1) is 0 Å². The topological polar surface area (TPSA) is 122 Å². The third-order valence-corrected chi connectivity index (χ3v) is 4.98. The van der Waals surface area contributed by atoms with E-state index in [9.17, 15) is 18.0 Å². The molecule has 0 aliphatic carbocycles. The molecule has 3 rings (SSSR count). The lowest BCUT2D eigenvalue weighted by molar-refractivity contribution is -0.128. The van der Waals surface area contributed by atoms with E-state index in [1.807, 2.05) is 0 Å². The van der Waals surface area contributed by atoms with Crippen molar-refractivity contribution < 1.29 is 22.5 Å². The first-order valence-electron chi connectivity index (χ1n) is 7.61. The van der Waals surface area contributed by atoms with Gasteiger partial charge in [-0.2, -0.15) is 4.98 Å². The second-order valence-corrected chi connectivity index (χ2v) is 8.56. The van der Waals surface area contributed by atoms with Crippen LogP contribution >= 0.6 is 11.6 Å². The molecule has 2 aromatic rings. The summed E-state index contributed by atoms with van der Waals surface area (Å²) in [7, 11) is -3.23. The summed E-state index contributed by atoms with van der Waals surface area (Å²) in [5.41, 5.74) is 0.674. The fourth-order valence-electron chi connectivity index (χ4n) is 2.42. The van der Waals surface area contributed by atoms with Crippen LogP contribution < -0.4 is 5.32 Å². The van der Waals surface area contributed by atoms with Crippen LogP contribution in [0.25, 0.3) is 11.4 Å². The van der Waals surface area contributed by atoms with E-state index in [-0.39, 0.29) is 24.6 Å². The number of hydrogen-bond donors (Lipinski definition) is 1. The van der Waals surface area contributed by atoms with Gasteiger partial charge in [-0.1, -0.05) is 16.8 Å². The Hall–Kier alpha value is -2.46. The fraction of sp³-hybridized carbons (Fsp3) is 0.333. The van der Waals surface area contributed by atoms with E-state index >= 15 is 0 Å². The standard InChI is InChI=1S/C15H15ClN4O5S/c1-26(23,24)7-6-11-14(21)20(15(22)17-11)8-12-18-13(19-25-12)9-2-4-10(16)5-3-9/h2-5,11H,6-8H2,1H3,(H,17,22)/t11-/m1/s1. The first kappa shape index (κ1) is 18.3. The zero-order chi connectivity index (χ0) is 18.9. The highest BCUT2D eigenvalue weighted by Crippen LogP contribution is 2.20. The van der Waals surface area contributed by atoms with Crippen LogP contribution in [-0.2, 0) is 21.2 Å². The zero-order valence-electron chi connectivity index (χ0n) is 13.7. The third-order valence-electron chi connectivity index (χ3n) is 3.75. The Morgan fingerprint density at radius 1 is 1.27 bits per heavy atom. The van der Waals surface area contributed by atoms with Gasteiger partial charge in [0, 0.05) is 16.8 Å². The minimum atomic E-state index is -3.23. The first-order chi connectivity index (χ1) is 12.2. The monoisotopic (exact) mass is 398 g/mol. The van der Waals surface area contributed by atoms with Crippen LogP contribution in [-0.4, -0.2) is 53.4 Å². The molecule has 0 saturated carbocycles. The van der Waals surface area contributed by atoms with Gasteiger partial charge in [0.1, 0.15) is 22.4 Å². The van der Waals surface area contributed by atoms with Gasteiger partial charge in [0.15, 0.2) is 0 Å². The summed E-state index contributed by atoms with van der Waals surface area (Å²) in [6, 6.07) is 5.28. The molecule has 1 aliphatic rings. The number of rotatable bonds is 6. The van der Waals surface area contributed by atoms with Crippen molar-refractivity contribution in [1.82, 2.24) is 20.4 Å². The summed E-state index contributed by atoms with van der Waals surface area (Å²) in [6.07, 6.45) is 1.09. The van der Waals surface area contributed by atoms with Gasteiger partial charge in [-0.3, -0.25) is 9.69 Å². The minimum absolute atomic E-state index is 0.0137. The Morgan fingerprint density at radius 2 is 1.96 bits per heavy atom. The minimum Gasteiger partial charge on any atom is -0.337 e. The van der Waals surface area contributed by atoms with Crippen molar-refractivity contribution in [2.45, 2.75) is 19.0 Å². The smallest absolute Gasteiger partial charge is 0.325 e. The number of halogens is 1.